The summed E-state index contributed by atoms with van der Waals surface area (Å²) in [5, 5.41) is 10.6. The molecule has 0 saturated heterocycles. The molecule has 7 heteroatoms. The van der Waals surface area contributed by atoms with E-state index in [0.717, 1.165) is 42.0 Å². The summed E-state index contributed by atoms with van der Waals surface area (Å²) in [5.74, 6) is 3.00. The third-order valence-electron chi connectivity index (χ3n) is 8.48. The molecule has 3 aliphatic rings. The van der Waals surface area contributed by atoms with Gasteiger partial charge in [-0.25, -0.2) is 0 Å². The Balaban J connectivity index is 1.09. The Morgan fingerprint density at radius 3 is 2.20 bits per heavy atom. The summed E-state index contributed by atoms with van der Waals surface area (Å²) in [7, 11) is 0. The van der Waals surface area contributed by atoms with Crippen LogP contribution >= 0.6 is 22.6 Å². The molecule has 0 heterocycles. The minimum atomic E-state index is -0.103. The van der Waals surface area contributed by atoms with Gasteiger partial charge in [0.05, 0.1) is 59.0 Å². The Hall–Kier alpha value is -0.450. The molecule has 5 atom stereocenters. The second kappa shape index (κ2) is 13.9. The minimum Gasteiger partial charge on any atom is -0.491 e. The molecular formula is C28H43IO6. The van der Waals surface area contributed by atoms with E-state index in [2.05, 4.69) is 47.7 Å². The lowest BCUT2D eigenvalue weighted by atomic mass is 9.55. The maximum atomic E-state index is 10.6. The monoisotopic (exact) mass is 602 g/mol. The van der Waals surface area contributed by atoms with Crippen molar-refractivity contribution in [2.24, 2.45) is 17.3 Å². The smallest absolute Gasteiger partial charge is 0.119 e. The van der Waals surface area contributed by atoms with E-state index in [-0.39, 0.29) is 11.5 Å². The van der Waals surface area contributed by atoms with Gasteiger partial charge in [-0.2, -0.15) is 0 Å². The fourth-order valence-electron chi connectivity index (χ4n) is 6.66. The Labute approximate surface area is 224 Å². The Bertz CT molecular complexity index is 776. The van der Waals surface area contributed by atoms with Gasteiger partial charge in [0.15, 0.2) is 0 Å². The van der Waals surface area contributed by atoms with Gasteiger partial charge in [0.25, 0.3) is 0 Å². The Morgan fingerprint density at radius 2 is 1.51 bits per heavy atom. The van der Waals surface area contributed by atoms with Gasteiger partial charge >= 0.3 is 0 Å². The highest BCUT2D eigenvalue weighted by molar-refractivity contribution is 14.1. The largest absolute Gasteiger partial charge is 0.491 e. The maximum absolute atomic E-state index is 10.6. The number of aliphatic hydroxyl groups excluding tert-OH is 1. The number of hydrogen-bond donors (Lipinski definition) is 1. The van der Waals surface area contributed by atoms with E-state index in [1.165, 1.54) is 30.4 Å². The van der Waals surface area contributed by atoms with Crippen molar-refractivity contribution in [1.29, 1.82) is 0 Å². The van der Waals surface area contributed by atoms with Crippen molar-refractivity contribution < 1.29 is 28.8 Å². The van der Waals surface area contributed by atoms with E-state index in [4.69, 9.17) is 23.7 Å². The van der Waals surface area contributed by atoms with Crippen molar-refractivity contribution in [3.05, 3.63) is 29.3 Å². The SMILES string of the molecule is C[C@]12CC[C@@H]3c4ccc(OCCOCCOCCOCCOCCI)cc4CC[C@H]3[C@@H]1CC[C@@H]2O. The van der Waals surface area contributed by atoms with Gasteiger partial charge in [0.1, 0.15) is 12.4 Å². The summed E-state index contributed by atoms with van der Waals surface area (Å²) in [6.45, 7) is 7.75. The summed E-state index contributed by atoms with van der Waals surface area (Å²) in [6, 6.07) is 6.69. The van der Waals surface area contributed by atoms with Gasteiger partial charge < -0.3 is 28.8 Å². The molecule has 198 valence electrons. The second-order valence-electron chi connectivity index (χ2n) is 10.4. The van der Waals surface area contributed by atoms with Gasteiger partial charge in [0, 0.05) is 4.43 Å². The number of aliphatic hydroxyl groups is 1. The van der Waals surface area contributed by atoms with Crippen LogP contribution in [-0.4, -0.2) is 75.1 Å². The lowest BCUT2D eigenvalue weighted by molar-refractivity contribution is -0.0226. The summed E-state index contributed by atoms with van der Waals surface area (Å²) in [4.78, 5) is 0. The molecule has 0 bridgehead atoms. The van der Waals surface area contributed by atoms with Crippen LogP contribution in [0.15, 0.2) is 18.2 Å². The average Bonchev–Trinajstić information content (AvgIpc) is 3.18. The molecule has 1 N–H and O–H groups in total. The van der Waals surface area contributed by atoms with E-state index >= 15 is 0 Å². The summed E-state index contributed by atoms with van der Waals surface area (Å²) in [5.41, 5.74) is 3.13. The first kappa shape index (κ1) is 27.6. The predicted molar refractivity (Wildman–Crippen MR) is 145 cm³/mol. The first-order chi connectivity index (χ1) is 17.1. The molecular weight excluding hydrogens is 559 g/mol. The minimum absolute atomic E-state index is 0.103. The standard InChI is InChI=1S/C28H43IO6/c1-28-9-8-24-23-5-3-22(20-21(23)2-4-25(24)26(28)6-7-27(28)30)35-19-18-34-17-16-33-15-14-32-13-12-31-11-10-29/h3,5,20,24-27,30H,2,4,6-19H2,1H3/t24-,25-,26+,27+,28+/m1/s1. The van der Waals surface area contributed by atoms with Crippen LogP contribution in [0.25, 0.3) is 0 Å². The van der Waals surface area contributed by atoms with E-state index in [1.54, 1.807) is 0 Å². The van der Waals surface area contributed by atoms with Gasteiger partial charge in [-0.1, -0.05) is 35.6 Å². The van der Waals surface area contributed by atoms with Crippen molar-refractivity contribution in [3.8, 4) is 5.75 Å². The molecule has 0 amide bonds. The molecule has 0 radical (unpaired) electrons. The molecule has 1 aromatic carbocycles. The lowest BCUT2D eigenvalue weighted by Gasteiger charge is -2.50. The van der Waals surface area contributed by atoms with Gasteiger partial charge in [0.2, 0.25) is 0 Å². The van der Waals surface area contributed by atoms with Crippen molar-refractivity contribution in [2.45, 2.75) is 57.5 Å². The number of alkyl halides is 1. The van der Waals surface area contributed by atoms with Gasteiger partial charge in [-0.15, -0.1) is 0 Å². The van der Waals surface area contributed by atoms with Crippen LogP contribution in [0.5, 0.6) is 5.75 Å². The molecule has 6 nitrogen and oxygen atoms in total. The zero-order chi connectivity index (χ0) is 24.5. The number of fused-ring (bicyclic) bond motifs is 5. The molecule has 0 aliphatic heterocycles. The molecule has 2 fully saturated rings. The average molecular weight is 603 g/mol. The molecule has 4 rings (SSSR count). The third-order valence-corrected chi connectivity index (χ3v) is 8.92. The van der Waals surface area contributed by atoms with Crippen molar-refractivity contribution in [3.63, 3.8) is 0 Å². The highest BCUT2D eigenvalue weighted by Gasteiger charge is 2.54. The molecule has 0 unspecified atom stereocenters. The zero-order valence-electron chi connectivity index (χ0n) is 21.2. The number of aryl methyl sites for hydroxylation is 1. The number of ether oxygens (including phenoxy) is 5. The highest BCUT2D eigenvalue weighted by atomic mass is 127. The lowest BCUT2D eigenvalue weighted by Crippen LogP contribution is -2.43. The highest BCUT2D eigenvalue weighted by Crippen LogP contribution is 2.60. The Kier molecular flexibility index (Phi) is 11.0. The van der Waals surface area contributed by atoms with Crippen LogP contribution in [0.3, 0.4) is 0 Å². The fraction of sp³-hybridized carbons (Fsp3) is 0.786. The molecule has 2 saturated carbocycles. The number of rotatable bonds is 15. The van der Waals surface area contributed by atoms with Crippen LogP contribution in [0, 0.1) is 17.3 Å². The molecule has 0 spiro atoms. The van der Waals surface area contributed by atoms with Crippen LogP contribution in [0.4, 0.5) is 0 Å². The van der Waals surface area contributed by atoms with Crippen LogP contribution in [0.1, 0.15) is 56.1 Å². The quantitative estimate of drug-likeness (QED) is 0.177. The number of benzene rings is 1. The van der Waals surface area contributed by atoms with E-state index in [0.29, 0.717) is 64.7 Å². The van der Waals surface area contributed by atoms with Crippen molar-refractivity contribution in [2.75, 3.05) is 63.9 Å². The van der Waals surface area contributed by atoms with Gasteiger partial charge in [-0.05, 0) is 85.0 Å². The summed E-state index contributed by atoms with van der Waals surface area (Å²) < 4.78 is 28.9. The summed E-state index contributed by atoms with van der Waals surface area (Å²) >= 11 is 2.29. The first-order valence-corrected chi connectivity index (χ1v) is 15.0. The third kappa shape index (κ3) is 7.11. The van der Waals surface area contributed by atoms with Crippen LogP contribution in [-0.2, 0) is 25.4 Å². The maximum Gasteiger partial charge on any atom is 0.119 e. The second-order valence-corrected chi connectivity index (χ2v) is 11.5. The fourth-order valence-corrected chi connectivity index (χ4v) is 6.97. The normalized spacial score (nSPS) is 29.5. The molecule has 0 aromatic heterocycles. The molecule has 35 heavy (non-hydrogen) atoms. The van der Waals surface area contributed by atoms with Crippen LogP contribution < -0.4 is 4.74 Å². The molecule has 1 aromatic rings. The number of hydrogen-bond acceptors (Lipinski definition) is 6. The zero-order valence-corrected chi connectivity index (χ0v) is 23.4. The van der Waals surface area contributed by atoms with Crippen molar-refractivity contribution >= 4 is 22.6 Å². The predicted octanol–water partition coefficient (Wildman–Crippen LogP) is 4.78. The van der Waals surface area contributed by atoms with Gasteiger partial charge in [-0.3, -0.25) is 0 Å². The summed E-state index contributed by atoms with van der Waals surface area (Å²) in [6.07, 6.45) is 6.81. The first-order valence-electron chi connectivity index (χ1n) is 13.4. The molecule has 3 aliphatic carbocycles. The van der Waals surface area contributed by atoms with Crippen molar-refractivity contribution in [1.82, 2.24) is 0 Å². The van der Waals surface area contributed by atoms with E-state index < -0.39 is 0 Å². The number of halogens is 1. The topological polar surface area (TPSA) is 66.4 Å². The Morgan fingerprint density at radius 1 is 0.857 bits per heavy atom. The van der Waals surface area contributed by atoms with Crippen LogP contribution in [0.2, 0.25) is 0 Å². The van der Waals surface area contributed by atoms with E-state index in [1.807, 2.05) is 0 Å². The van der Waals surface area contributed by atoms with E-state index in [9.17, 15) is 5.11 Å².